The second-order valence-electron chi connectivity index (χ2n) is 5.12. The van der Waals surface area contributed by atoms with E-state index in [2.05, 4.69) is 15.3 Å². The molecule has 24 heavy (non-hydrogen) atoms. The Labute approximate surface area is 138 Å². The van der Waals surface area contributed by atoms with Gasteiger partial charge in [0.1, 0.15) is 5.75 Å². The molecule has 1 aromatic carbocycles. The average Bonchev–Trinajstić information content (AvgIpc) is 3.24. The third-order valence-corrected chi connectivity index (χ3v) is 3.35. The number of benzene rings is 1. The van der Waals surface area contributed by atoms with Gasteiger partial charge >= 0.3 is 5.97 Å². The summed E-state index contributed by atoms with van der Waals surface area (Å²) < 4.78 is 17.5. The van der Waals surface area contributed by atoms with Gasteiger partial charge in [0.25, 0.3) is 5.89 Å². The number of methoxy groups -OCH3 is 1. The lowest BCUT2D eigenvalue weighted by molar-refractivity contribution is 0.0280. The lowest BCUT2D eigenvalue weighted by Crippen LogP contribution is -2.09. The van der Waals surface area contributed by atoms with Crippen LogP contribution in [0.5, 0.6) is 5.75 Å². The first-order chi connectivity index (χ1) is 11.6. The molecule has 0 radical (unpaired) electrons. The number of aryl methyl sites for hydroxylation is 1. The summed E-state index contributed by atoms with van der Waals surface area (Å²) in [6.07, 6.45) is 2.34. The Morgan fingerprint density at radius 1 is 1.25 bits per heavy atom. The Balaban J connectivity index is 1.71. The highest BCUT2D eigenvalue weighted by Gasteiger charge is 2.20. The van der Waals surface area contributed by atoms with E-state index >= 15 is 0 Å². The van der Waals surface area contributed by atoms with Gasteiger partial charge in [0.15, 0.2) is 6.10 Å². The number of carbonyl (C=O) groups is 1. The third-order valence-electron chi connectivity index (χ3n) is 3.35. The van der Waals surface area contributed by atoms with Crippen molar-refractivity contribution in [1.29, 1.82) is 0 Å². The first kappa shape index (κ1) is 15.7. The smallest absolute Gasteiger partial charge is 0.342 e. The Morgan fingerprint density at radius 3 is 2.62 bits per heavy atom. The van der Waals surface area contributed by atoms with Gasteiger partial charge in [0.05, 0.1) is 18.9 Å². The second kappa shape index (κ2) is 6.53. The molecule has 0 saturated heterocycles. The first-order valence-corrected chi connectivity index (χ1v) is 7.24. The van der Waals surface area contributed by atoms with Crippen LogP contribution in [0.3, 0.4) is 0 Å². The minimum Gasteiger partial charge on any atom is -0.497 e. The maximum Gasteiger partial charge on any atom is 0.342 e. The molecule has 8 nitrogen and oxygen atoms in total. The molecule has 3 aromatic rings. The highest BCUT2D eigenvalue weighted by atomic mass is 16.6. The summed E-state index contributed by atoms with van der Waals surface area (Å²) >= 11 is 0. The molecule has 0 aliphatic rings. The van der Waals surface area contributed by atoms with E-state index in [1.807, 2.05) is 12.1 Å². The fraction of sp³-hybridized carbons (Fsp3) is 0.250. The van der Waals surface area contributed by atoms with Crippen LogP contribution < -0.4 is 4.74 Å². The van der Waals surface area contributed by atoms with Gasteiger partial charge < -0.3 is 13.9 Å². The van der Waals surface area contributed by atoms with Crippen molar-refractivity contribution in [3.8, 4) is 17.2 Å². The van der Waals surface area contributed by atoms with Gasteiger partial charge in [-0.15, -0.1) is 10.2 Å². The standard InChI is InChI=1S/C16H16N4O4/c1-10(23-16(21)12-8-17-20(2)9-12)14-18-19-15(24-14)11-4-6-13(22-3)7-5-11/h4-10H,1-3H3. The van der Waals surface area contributed by atoms with Gasteiger partial charge in [-0.2, -0.15) is 5.10 Å². The normalized spacial score (nSPS) is 12.0. The number of hydrogen-bond donors (Lipinski definition) is 0. The van der Waals surface area contributed by atoms with E-state index < -0.39 is 12.1 Å². The molecule has 0 aliphatic carbocycles. The molecule has 0 fully saturated rings. The lowest BCUT2D eigenvalue weighted by atomic mass is 10.2. The van der Waals surface area contributed by atoms with E-state index in [0.29, 0.717) is 11.5 Å². The van der Waals surface area contributed by atoms with Crippen molar-refractivity contribution < 1.29 is 18.7 Å². The summed E-state index contributed by atoms with van der Waals surface area (Å²) in [5, 5.41) is 11.9. The van der Waals surface area contributed by atoms with Crippen LogP contribution in [-0.4, -0.2) is 33.1 Å². The summed E-state index contributed by atoms with van der Waals surface area (Å²) in [5.41, 5.74) is 1.11. The summed E-state index contributed by atoms with van der Waals surface area (Å²) in [6.45, 7) is 1.67. The van der Waals surface area contributed by atoms with Crippen LogP contribution >= 0.6 is 0 Å². The van der Waals surface area contributed by atoms with E-state index in [1.165, 1.54) is 10.9 Å². The highest BCUT2D eigenvalue weighted by molar-refractivity contribution is 5.88. The highest BCUT2D eigenvalue weighted by Crippen LogP contribution is 2.24. The quantitative estimate of drug-likeness (QED) is 0.664. The van der Waals surface area contributed by atoms with Crippen LogP contribution in [0.15, 0.2) is 41.1 Å². The van der Waals surface area contributed by atoms with Crippen LogP contribution in [0.2, 0.25) is 0 Å². The number of ether oxygens (including phenoxy) is 2. The SMILES string of the molecule is COc1ccc(-c2nnc(C(C)OC(=O)c3cnn(C)c3)o2)cc1. The third kappa shape index (κ3) is 3.27. The molecule has 1 atom stereocenters. The van der Waals surface area contributed by atoms with Gasteiger partial charge in [-0.1, -0.05) is 0 Å². The molecule has 0 bridgehead atoms. The molecule has 2 heterocycles. The zero-order valence-electron chi connectivity index (χ0n) is 13.5. The monoisotopic (exact) mass is 328 g/mol. The predicted molar refractivity (Wildman–Crippen MR) is 83.3 cm³/mol. The number of hydrogen-bond acceptors (Lipinski definition) is 7. The van der Waals surface area contributed by atoms with E-state index in [-0.39, 0.29) is 5.89 Å². The fourth-order valence-corrected chi connectivity index (χ4v) is 2.05. The molecule has 0 aliphatic heterocycles. The van der Waals surface area contributed by atoms with E-state index in [9.17, 15) is 4.79 Å². The van der Waals surface area contributed by atoms with E-state index in [4.69, 9.17) is 13.9 Å². The fourth-order valence-electron chi connectivity index (χ4n) is 2.05. The van der Waals surface area contributed by atoms with E-state index in [0.717, 1.165) is 11.3 Å². The Bertz CT molecular complexity index is 838. The summed E-state index contributed by atoms with van der Waals surface area (Å²) in [4.78, 5) is 12.0. The molecule has 0 saturated carbocycles. The molecule has 0 amide bonds. The molecule has 2 aromatic heterocycles. The number of rotatable bonds is 5. The summed E-state index contributed by atoms with van der Waals surface area (Å²) in [6, 6.07) is 7.21. The largest absolute Gasteiger partial charge is 0.497 e. The van der Waals surface area contributed by atoms with Crippen LogP contribution in [0, 0.1) is 0 Å². The molecule has 0 N–H and O–H groups in total. The predicted octanol–water partition coefficient (Wildman–Crippen LogP) is 2.40. The van der Waals surface area contributed by atoms with Crippen LogP contribution in [0.1, 0.15) is 29.3 Å². The van der Waals surface area contributed by atoms with Crippen molar-refractivity contribution in [3.63, 3.8) is 0 Å². The average molecular weight is 328 g/mol. The van der Waals surface area contributed by atoms with Crippen molar-refractivity contribution in [1.82, 2.24) is 20.0 Å². The Morgan fingerprint density at radius 2 is 2.00 bits per heavy atom. The van der Waals surface area contributed by atoms with Gasteiger partial charge in [-0.05, 0) is 31.2 Å². The zero-order valence-corrected chi connectivity index (χ0v) is 13.5. The summed E-state index contributed by atoms with van der Waals surface area (Å²) in [5.74, 6) is 0.798. The van der Waals surface area contributed by atoms with Crippen molar-refractivity contribution in [2.24, 2.45) is 7.05 Å². The molecular formula is C16H16N4O4. The zero-order chi connectivity index (χ0) is 17.1. The minimum atomic E-state index is -0.669. The Hall–Kier alpha value is -3.16. The van der Waals surface area contributed by atoms with Gasteiger partial charge in [0, 0.05) is 18.8 Å². The van der Waals surface area contributed by atoms with Crippen molar-refractivity contribution >= 4 is 5.97 Å². The Kier molecular flexibility index (Phi) is 4.28. The molecule has 1 unspecified atom stereocenters. The number of carbonyl (C=O) groups excluding carboxylic acids is 1. The molecule has 3 rings (SSSR count). The molecule has 0 spiro atoms. The van der Waals surface area contributed by atoms with Gasteiger partial charge in [-0.25, -0.2) is 4.79 Å². The number of nitrogens with zero attached hydrogens (tertiary/aromatic N) is 4. The number of esters is 1. The second-order valence-corrected chi connectivity index (χ2v) is 5.12. The number of aromatic nitrogens is 4. The van der Waals surface area contributed by atoms with E-state index in [1.54, 1.807) is 39.4 Å². The first-order valence-electron chi connectivity index (χ1n) is 7.24. The molecule has 124 valence electrons. The van der Waals surface area contributed by atoms with Crippen LogP contribution in [0.25, 0.3) is 11.5 Å². The maximum atomic E-state index is 12.0. The molecular weight excluding hydrogens is 312 g/mol. The lowest BCUT2D eigenvalue weighted by Gasteiger charge is -2.07. The molecule has 8 heteroatoms. The topological polar surface area (TPSA) is 92.3 Å². The van der Waals surface area contributed by atoms with Gasteiger partial charge in [-0.3, -0.25) is 4.68 Å². The van der Waals surface area contributed by atoms with Crippen molar-refractivity contribution in [3.05, 3.63) is 48.1 Å². The van der Waals surface area contributed by atoms with Crippen molar-refractivity contribution in [2.45, 2.75) is 13.0 Å². The van der Waals surface area contributed by atoms with Crippen LogP contribution in [-0.2, 0) is 11.8 Å². The van der Waals surface area contributed by atoms with Crippen LogP contribution in [0.4, 0.5) is 0 Å². The summed E-state index contributed by atoms with van der Waals surface area (Å²) in [7, 11) is 3.32. The van der Waals surface area contributed by atoms with Gasteiger partial charge in [0.2, 0.25) is 5.89 Å². The van der Waals surface area contributed by atoms with Crippen molar-refractivity contribution in [2.75, 3.05) is 7.11 Å². The minimum absolute atomic E-state index is 0.220. The maximum absolute atomic E-state index is 12.0.